The molecule has 0 unspecified atom stereocenters. The monoisotopic (exact) mass is 138 g/mol. The lowest BCUT2D eigenvalue weighted by Gasteiger charge is -1.96. The van der Waals surface area contributed by atoms with Crippen molar-refractivity contribution in [1.29, 1.82) is 0 Å². The Hall–Kier alpha value is -0.890. The summed E-state index contributed by atoms with van der Waals surface area (Å²) in [5.74, 6) is -0.159. The van der Waals surface area contributed by atoms with Gasteiger partial charge in [0.1, 0.15) is 6.61 Å². The van der Waals surface area contributed by atoms with Gasteiger partial charge in [-0.1, -0.05) is 17.7 Å². The number of allylic oxidation sites excluding steroid dienone is 3. The van der Waals surface area contributed by atoms with Gasteiger partial charge in [0.2, 0.25) is 0 Å². The second-order valence-corrected chi connectivity index (χ2v) is 2.46. The van der Waals surface area contributed by atoms with Gasteiger partial charge in [-0.25, -0.2) is 0 Å². The fraction of sp³-hybridized carbons (Fsp3) is 0.375. The fourth-order valence-corrected chi connectivity index (χ4v) is 0.954. The van der Waals surface area contributed by atoms with Crippen LogP contribution in [0.4, 0.5) is 0 Å². The smallest absolute Gasteiger partial charge is 0.184 e. The Labute approximate surface area is 59.9 Å². The maximum absolute atomic E-state index is 10.8. The van der Waals surface area contributed by atoms with Crippen molar-refractivity contribution in [1.82, 2.24) is 0 Å². The number of carbonyl (C=O) groups is 1. The molecule has 0 fully saturated rings. The Morgan fingerprint density at radius 1 is 1.70 bits per heavy atom. The van der Waals surface area contributed by atoms with Crippen molar-refractivity contribution in [3.8, 4) is 0 Å². The van der Waals surface area contributed by atoms with Crippen molar-refractivity contribution < 1.29 is 9.90 Å². The summed E-state index contributed by atoms with van der Waals surface area (Å²) in [5.41, 5.74) is 1.90. The lowest BCUT2D eigenvalue weighted by Crippen LogP contribution is -2.05. The molecule has 2 nitrogen and oxygen atoms in total. The van der Waals surface area contributed by atoms with Gasteiger partial charge in [-0.2, -0.15) is 0 Å². The fourth-order valence-electron chi connectivity index (χ4n) is 0.954. The number of aliphatic hydroxyl groups is 1. The lowest BCUT2D eigenvalue weighted by atomic mass is 10.1. The second kappa shape index (κ2) is 2.80. The van der Waals surface area contributed by atoms with E-state index in [0.717, 1.165) is 5.57 Å². The first-order valence-corrected chi connectivity index (χ1v) is 3.24. The molecule has 1 N–H and O–H groups in total. The van der Waals surface area contributed by atoms with Crippen molar-refractivity contribution in [3.63, 3.8) is 0 Å². The summed E-state index contributed by atoms with van der Waals surface area (Å²) in [4.78, 5) is 10.8. The molecule has 0 saturated carbocycles. The molecule has 0 atom stereocenters. The predicted octanol–water partition coefficient (Wildman–Crippen LogP) is 0.824. The summed E-state index contributed by atoms with van der Waals surface area (Å²) in [6, 6.07) is 0. The standard InChI is InChI=1S/C8H10O2/c1-6-2-3-7(4-6)8(10)5-9/h2-3,9H,4-5H2,1H3. The van der Waals surface area contributed by atoms with Gasteiger partial charge < -0.3 is 5.11 Å². The minimum absolute atomic E-state index is 0.159. The van der Waals surface area contributed by atoms with Crippen LogP contribution >= 0.6 is 0 Å². The highest BCUT2D eigenvalue weighted by molar-refractivity contribution is 5.97. The summed E-state index contributed by atoms with van der Waals surface area (Å²) >= 11 is 0. The van der Waals surface area contributed by atoms with Crippen LogP contribution in [-0.2, 0) is 4.79 Å². The average molecular weight is 138 g/mol. The predicted molar refractivity (Wildman–Crippen MR) is 38.5 cm³/mol. The Balaban J connectivity index is 2.57. The molecular weight excluding hydrogens is 128 g/mol. The van der Waals surface area contributed by atoms with E-state index in [9.17, 15) is 4.79 Å². The summed E-state index contributed by atoms with van der Waals surface area (Å²) in [6.07, 6.45) is 4.39. The summed E-state index contributed by atoms with van der Waals surface area (Å²) in [6.45, 7) is 1.60. The van der Waals surface area contributed by atoms with E-state index >= 15 is 0 Å². The number of ketones is 1. The van der Waals surface area contributed by atoms with Crippen molar-refractivity contribution in [2.75, 3.05) is 6.61 Å². The first-order chi connectivity index (χ1) is 4.74. The molecule has 0 radical (unpaired) electrons. The SMILES string of the molecule is CC1=CC=C(C(=O)CO)C1. The molecule has 0 spiro atoms. The number of rotatable bonds is 2. The third kappa shape index (κ3) is 1.33. The highest BCUT2D eigenvalue weighted by Crippen LogP contribution is 2.18. The minimum atomic E-state index is -0.368. The van der Waals surface area contributed by atoms with Gasteiger partial charge in [0, 0.05) is 5.57 Å². The van der Waals surface area contributed by atoms with Crippen LogP contribution in [0.25, 0.3) is 0 Å². The minimum Gasteiger partial charge on any atom is -0.388 e. The van der Waals surface area contributed by atoms with Gasteiger partial charge in [0.15, 0.2) is 5.78 Å². The molecule has 0 aliphatic heterocycles. The molecule has 0 saturated heterocycles. The third-order valence-corrected chi connectivity index (χ3v) is 1.54. The van der Waals surface area contributed by atoms with Crippen LogP contribution in [0.15, 0.2) is 23.3 Å². The van der Waals surface area contributed by atoms with E-state index < -0.39 is 0 Å². The molecule has 0 aromatic rings. The highest BCUT2D eigenvalue weighted by atomic mass is 16.3. The van der Waals surface area contributed by atoms with E-state index in [1.807, 2.05) is 13.0 Å². The van der Waals surface area contributed by atoms with Gasteiger partial charge in [0.25, 0.3) is 0 Å². The van der Waals surface area contributed by atoms with Crippen LogP contribution < -0.4 is 0 Å². The zero-order chi connectivity index (χ0) is 7.56. The van der Waals surface area contributed by atoms with Gasteiger partial charge in [-0.05, 0) is 13.3 Å². The third-order valence-electron chi connectivity index (χ3n) is 1.54. The van der Waals surface area contributed by atoms with Crippen molar-refractivity contribution >= 4 is 5.78 Å². The van der Waals surface area contributed by atoms with Crippen LogP contribution in [0.5, 0.6) is 0 Å². The Morgan fingerprint density at radius 2 is 2.40 bits per heavy atom. The Bertz CT molecular complexity index is 211. The topological polar surface area (TPSA) is 37.3 Å². The quantitative estimate of drug-likeness (QED) is 0.613. The molecule has 1 aliphatic rings. The first kappa shape index (κ1) is 7.22. The molecule has 0 aromatic carbocycles. The number of hydrogen-bond donors (Lipinski definition) is 1. The summed E-state index contributed by atoms with van der Waals surface area (Å²) in [5, 5.41) is 8.47. The van der Waals surface area contributed by atoms with Gasteiger partial charge >= 0.3 is 0 Å². The van der Waals surface area contributed by atoms with E-state index in [2.05, 4.69) is 0 Å². The molecule has 1 rings (SSSR count). The highest BCUT2D eigenvalue weighted by Gasteiger charge is 2.11. The van der Waals surface area contributed by atoms with E-state index in [1.54, 1.807) is 6.08 Å². The number of Topliss-reactive ketones (excluding diaryl/α,β-unsaturated/α-hetero) is 1. The molecule has 0 heterocycles. The van der Waals surface area contributed by atoms with Gasteiger partial charge in [0.05, 0.1) is 0 Å². The first-order valence-electron chi connectivity index (χ1n) is 3.24. The van der Waals surface area contributed by atoms with Crippen LogP contribution in [-0.4, -0.2) is 17.5 Å². The molecular formula is C8H10O2. The molecule has 1 aliphatic carbocycles. The maximum atomic E-state index is 10.8. The lowest BCUT2D eigenvalue weighted by molar-refractivity contribution is -0.118. The zero-order valence-corrected chi connectivity index (χ0v) is 5.92. The second-order valence-electron chi connectivity index (χ2n) is 2.46. The van der Waals surface area contributed by atoms with E-state index in [-0.39, 0.29) is 12.4 Å². The number of carbonyl (C=O) groups excluding carboxylic acids is 1. The Kier molecular flexibility index (Phi) is 2.02. The van der Waals surface area contributed by atoms with Crippen LogP contribution in [0.1, 0.15) is 13.3 Å². The molecule has 0 bridgehead atoms. The van der Waals surface area contributed by atoms with Crippen LogP contribution in [0.2, 0.25) is 0 Å². The molecule has 10 heavy (non-hydrogen) atoms. The normalized spacial score (nSPS) is 16.6. The van der Waals surface area contributed by atoms with E-state index in [4.69, 9.17) is 5.11 Å². The van der Waals surface area contributed by atoms with Gasteiger partial charge in [-0.3, -0.25) is 4.79 Å². The van der Waals surface area contributed by atoms with Gasteiger partial charge in [-0.15, -0.1) is 0 Å². The zero-order valence-electron chi connectivity index (χ0n) is 5.92. The molecule has 0 aromatic heterocycles. The van der Waals surface area contributed by atoms with Crippen molar-refractivity contribution in [3.05, 3.63) is 23.3 Å². The number of hydrogen-bond acceptors (Lipinski definition) is 2. The summed E-state index contributed by atoms with van der Waals surface area (Å²) < 4.78 is 0. The van der Waals surface area contributed by atoms with E-state index in [0.29, 0.717) is 6.42 Å². The van der Waals surface area contributed by atoms with Crippen molar-refractivity contribution in [2.45, 2.75) is 13.3 Å². The summed E-state index contributed by atoms with van der Waals surface area (Å²) in [7, 11) is 0. The Morgan fingerprint density at radius 3 is 2.80 bits per heavy atom. The van der Waals surface area contributed by atoms with E-state index in [1.165, 1.54) is 5.57 Å². The maximum Gasteiger partial charge on any atom is 0.184 e. The molecule has 2 heteroatoms. The molecule has 54 valence electrons. The van der Waals surface area contributed by atoms with Crippen molar-refractivity contribution in [2.24, 2.45) is 0 Å². The largest absolute Gasteiger partial charge is 0.388 e. The number of aliphatic hydroxyl groups excluding tert-OH is 1. The average Bonchev–Trinajstić information content (AvgIpc) is 2.34. The molecule has 0 amide bonds. The van der Waals surface area contributed by atoms with Crippen LogP contribution in [0, 0.1) is 0 Å². The van der Waals surface area contributed by atoms with Crippen LogP contribution in [0.3, 0.4) is 0 Å².